The molecule has 1 aromatic heterocycles. The van der Waals surface area contributed by atoms with Crippen molar-refractivity contribution in [3.05, 3.63) is 87.7 Å². The Morgan fingerprint density at radius 3 is 2.37 bits per heavy atom. The van der Waals surface area contributed by atoms with E-state index in [0.717, 1.165) is 35.0 Å². The zero-order valence-electron chi connectivity index (χ0n) is 19.3. The number of halogens is 7. The summed E-state index contributed by atoms with van der Waals surface area (Å²) >= 11 is 5.95. The Hall–Kier alpha value is -3.58. The number of nitrogens with zero attached hydrogens (tertiary/aromatic N) is 2. The number of carboxylic acid groups (broad SMARTS) is 1. The smallest absolute Gasteiger partial charge is 0.475 e. The van der Waals surface area contributed by atoms with E-state index in [9.17, 15) is 31.1 Å². The Labute approximate surface area is 217 Å². The van der Waals surface area contributed by atoms with E-state index in [2.05, 4.69) is 10.4 Å². The number of fused-ring (bicyclic) bond motifs is 1. The summed E-state index contributed by atoms with van der Waals surface area (Å²) in [7, 11) is 0. The minimum absolute atomic E-state index is 0.0529. The third-order valence-corrected chi connectivity index (χ3v) is 5.61. The maximum Gasteiger partial charge on any atom is 0.490 e. The Bertz CT molecular complexity index is 1280. The molecule has 0 bridgehead atoms. The van der Waals surface area contributed by atoms with Crippen LogP contribution in [0.3, 0.4) is 0 Å². The number of aliphatic carboxylic acids is 1. The average Bonchev–Trinajstić information content (AvgIpc) is 3.25. The SMILES string of the molecule is O=C(NCC1OCCc2cn(Cc3ccccc3)nc21)c1cc(C(F)(F)F)ccc1Cl.O=C(O)C(F)(F)F. The topological polar surface area (TPSA) is 93.5 Å². The van der Waals surface area contributed by atoms with Crippen LogP contribution in [0.25, 0.3) is 0 Å². The molecule has 0 aliphatic carbocycles. The molecule has 1 atom stereocenters. The van der Waals surface area contributed by atoms with Crippen LogP contribution < -0.4 is 5.32 Å². The minimum atomic E-state index is -5.08. The van der Waals surface area contributed by atoms with Crippen LogP contribution in [0.4, 0.5) is 26.3 Å². The number of alkyl halides is 6. The molecule has 14 heteroatoms. The van der Waals surface area contributed by atoms with Gasteiger partial charge in [0.1, 0.15) is 6.10 Å². The molecule has 0 radical (unpaired) electrons. The summed E-state index contributed by atoms with van der Waals surface area (Å²) in [5, 5.41) is 14.3. The zero-order chi connectivity index (χ0) is 28.1. The van der Waals surface area contributed by atoms with E-state index in [-0.39, 0.29) is 17.1 Å². The summed E-state index contributed by atoms with van der Waals surface area (Å²) in [6.07, 6.45) is -7.47. The van der Waals surface area contributed by atoms with Gasteiger partial charge in [-0.2, -0.15) is 31.4 Å². The quantitative estimate of drug-likeness (QED) is 0.412. The molecule has 38 heavy (non-hydrogen) atoms. The maximum absolute atomic E-state index is 13.0. The lowest BCUT2D eigenvalue weighted by Gasteiger charge is -2.22. The van der Waals surface area contributed by atoms with Gasteiger partial charge >= 0.3 is 18.3 Å². The first-order chi connectivity index (χ1) is 17.8. The summed E-state index contributed by atoms with van der Waals surface area (Å²) in [4.78, 5) is 21.4. The number of carboxylic acids is 1. The van der Waals surface area contributed by atoms with Crippen LogP contribution in [-0.4, -0.2) is 46.1 Å². The third-order valence-electron chi connectivity index (χ3n) is 5.28. The second kappa shape index (κ2) is 11.9. The van der Waals surface area contributed by atoms with Gasteiger partial charge in [-0.3, -0.25) is 9.48 Å². The molecule has 2 heterocycles. The molecule has 3 aromatic rings. The number of nitrogens with one attached hydrogen (secondary N) is 1. The van der Waals surface area contributed by atoms with Gasteiger partial charge in [0.2, 0.25) is 0 Å². The Balaban J connectivity index is 0.000000505. The van der Waals surface area contributed by atoms with Crippen molar-refractivity contribution >= 4 is 23.5 Å². The first-order valence-electron chi connectivity index (χ1n) is 10.9. The van der Waals surface area contributed by atoms with E-state index >= 15 is 0 Å². The molecule has 1 aliphatic rings. The van der Waals surface area contributed by atoms with Gasteiger partial charge in [0.25, 0.3) is 5.91 Å². The summed E-state index contributed by atoms with van der Waals surface area (Å²) in [5.74, 6) is -3.46. The van der Waals surface area contributed by atoms with E-state index in [0.29, 0.717) is 19.6 Å². The second-order valence-electron chi connectivity index (χ2n) is 8.04. The predicted octanol–water partition coefficient (Wildman–Crippen LogP) is 5.28. The fraction of sp³-hybridized carbons (Fsp3) is 0.292. The highest BCUT2D eigenvalue weighted by Crippen LogP contribution is 2.32. The number of benzene rings is 2. The maximum atomic E-state index is 13.0. The number of amides is 1. The molecular formula is C24H20ClF6N3O4. The molecule has 0 spiro atoms. The fourth-order valence-corrected chi connectivity index (χ4v) is 3.70. The van der Waals surface area contributed by atoms with Crippen molar-refractivity contribution in [2.24, 2.45) is 0 Å². The van der Waals surface area contributed by atoms with Crippen LogP contribution in [0.1, 0.15) is 38.8 Å². The molecule has 2 N–H and O–H groups in total. The number of aromatic nitrogens is 2. The van der Waals surface area contributed by atoms with Crippen LogP contribution in [0, 0.1) is 0 Å². The third kappa shape index (κ3) is 7.71. The highest BCUT2D eigenvalue weighted by molar-refractivity contribution is 6.33. The second-order valence-corrected chi connectivity index (χ2v) is 8.44. The van der Waals surface area contributed by atoms with Crippen molar-refractivity contribution in [3.63, 3.8) is 0 Å². The van der Waals surface area contributed by atoms with Crippen molar-refractivity contribution in [1.82, 2.24) is 15.1 Å². The van der Waals surface area contributed by atoms with E-state index < -0.39 is 35.9 Å². The summed E-state index contributed by atoms with van der Waals surface area (Å²) in [5.41, 5.74) is 1.68. The van der Waals surface area contributed by atoms with E-state index in [1.54, 1.807) is 0 Å². The van der Waals surface area contributed by atoms with E-state index in [1.807, 2.05) is 41.2 Å². The van der Waals surface area contributed by atoms with Gasteiger partial charge in [0, 0.05) is 12.7 Å². The van der Waals surface area contributed by atoms with Crippen molar-refractivity contribution in [1.29, 1.82) is 0 Å². The number of carbonyl (C=O) groups is 2. The molecular weight excluding hydrogens is 544 g/mol. The predicted molar refractivity (Wildman–Crippen MR) is 123 cm³/mol. The summed E-state index contributed by atoms with van der Waals surface area (Å²) in [6, 6.07) is 12.5. The van der Waals surface area contributed by atoms with Crippen LogP contribution >= 0.6 is 11.6 Å². The van der Waals surface area contributed by atoms with Crippen molar-refractivity contribution < 1.29 is 45.8 Å². The minimum Gasteiger partial charge on any atom is -0.475 e. The first kappa shape index (κ1) is 29.0. The lowest BCUT2D eigenvalue weighted by molar-refractivity contribution is -0.192. The average molecular weight is 564 g/mol. The molecule has 1 unspecified atom stereocenters. The largest absolute Gasteiger partial charge is 0.490 e. The number of rotatable bonds is 5. The van der Waals surface area contributed by atoms with Gasteiger partial charge in [-0.1, -0.05) is 41.9 Å². The lowest BCUT2D eigenvalue weighted by atomic mass is 10.1. The molecule has 4 rings (SSSR count). The Morgan fingerprint density at radius 2 is 1.76 bits per heavy atom. The summed E-state index contributed by atoms with van der Waals surface area (Å²) < 4.78 is 78.2. The number of hydrogen-bond donors (Lipinski definition) is 2. The lowest BCUT2D eigenvalue weighted by Crippen LogP contribution is -2.32. The van der Waals surface area contributed by atoms with Crippen molar-refractivity contribution in [2.45, 2.75) is 31.4 Å². The highest BCUT2D eigenvalue weighted by Gasteiger charge is 2.38. The molecule has 7 nitrogen and oxygen atoms in total. The molecule has 0 saturated heterocycles. The number of ether oxygens (including phenoxy) is 1. The normalized spacial score (nSPS) is 15.2. The molecule has 1 aliphatic heterocycles. The van der Waals surface area contributed by atoms with E-state index in [1.165, 1.54) is 0 Å². The standard InChI is InChI=1S/C22H19ClF3N3O2.C2HF3O2/c23-18-7-6-16(22(24,25)26)10-17(18)21(30)27-11-19-20-15(8-9-31-19)13-29(28-20)12-14-4-2-1-3-5-14;3-2(4,5)1(6)7/h1-7,10,13,19H,8-9,11-12H2,(H,27,30);(H,6,7). The van der Waals surface area contributed by atoms with Crippen LogP contribution in [0.2, 0.25) is 5.02 Å². The first-order valence-corrected chi connectivity index (χ1v) is 11.3. The van der Waals surface area contributed by atoms with Gasteiger partial charge in [0.15, 0.2) is 0 Å². The van der Waals surface area contributed by atoms with Gasteiger partial charge in [0.05, 0.1) is 35.0 Å². The van der Waals surface area contributed by atoms with Crippen LogP contribution in [0.5, 0.6) is 0 Å². The molecule has 0 fully saturated rings. The van der Waals surface area contributed by atoms with E-state index in [4.69, 9.17) is 26.2 Å². The van der Waals surface area contributed by atoms with Gasteiger partial charge in [-0.25, -0.2) is 4.79 Å². The van der Waals surface area contributed by atoms with Crippen molar-refractivity contribution in [3.8, 4) is 0 Å². The Kier molecular flexibility index (Phi) is 9.05. The van der Waals surface area contributed by atoms with Gasteiger partial charge in [-0.15, -0.1) is 0 Å². The molecule has 204 valence electrons. The summed E-state index contributed by atoms with van der Waals surface area (Å²) in [6.45, 7) is 1.14. The van der Waals surface area contributed by atoms with Crippen LogP contribution in [-0.2, 0) is 28.7 Å². The fourth-order valence-electron chi connectivity index (χ4n) is 3.49. The van der Waals surface area contributed by atoms with Gasteiger partial charge in [-0.05, 0) is 35.7 Å². The highest BCUT2D eigenvalue weighted by atomic mass is 35.5. The molecule has 0 saturated carbocycles. The monoisotopic (exact) mass is 563 g/mol. The Morgan fingerprint density at radius 1 is 1.11 bits per heavy atom. The molecule has 1 amide bonds. The van der Waals surface area contributed by atoms with Gasteiger partial charge < -0.3 is 15.2 Å². The molecule has 2 aromatic carbocycles. The number of carbonyl (C=O) groups excluding carboxylic acids is 1. The van der Waals surface area contributed by atoms with Crippen molar-refractivity contribution in [2.75, 3.05) is 13.2 Å². The van der Waals surface area contributed by atoms with Crippen LogP contribution in [0.15, 0.2) is 54.7 Å². The zero-order valence-corrected chi connectivity index (χ0v) is 20.1. The number of hydrogen-bond acceptors (Lipinski definition) is 4.